The maximum atomic E-state index is 12.1. The van der Waals surface area contributed by atoms with Crippen LogP contribution < -0.4 is 16.4 Å². The van der Waals surface area contributed by atoms with Crippen molar-refractivity contribution in [1.29, 1.82) is 0 Å². The molecule has 1 aliphatic rings. The van der Waals surface area contributed by atoms with Gasteiger partial charge in [-0.1, -0.05) is 0 Å². The molecule has 7 heteroatoms. The predicted octanol–water partition coefficient (Wildman–Crippen LogP) is 1.62. The van der Waals surface area contributed by atoms with E-state index in [9.17, 15) is 4.79 Å². The Morgan fingerprint density at radius 1 is 1.36 bits per heavy atom. The smallest absolute Gasteiger partial charge is 0.408 e. The van der Waals surface area contributed by atoms with Crippen LogP contribution in [0.2, 0.25) is 0 Å². The zero-order chi connectivity index (χ0) is 16.2. The average Bonchev–Trinajstić information content (AvgIpc) is 2.45. The third-order valence-corrected chi connectivity index (χ3v) is 3.54. The van der Waals surface area contributed by atoms with Crippen molar-refractivity contribution in [3.05, 3.63) is 18.1 Å². The van der Waals surface area contributed by atoms with Crippen LogP contribution in [-0.4, -0.2) is 34.8 Å². The first kappa shape index (κ1) is 16.5. The molecule has 1 unspecified atom stereocenters. The van der Waals surface area contributed by atoms with Crippen molar-refractivity contribution in [1.82, 2.24) is 20.6 Å². The second-order valence-electron chi connectivity index (χ2n) is 6.58. The number of aromatic nitrogens is 2. The quantitative estimate of drug-likeness (QED) is 0.784. The Bertz CT molecular complexity index is 492. The van der Waals surface area contributed by atoms with Gasteiger partial charge in [0.25, 0.3) is 0 Å². The molecule has 0 saturated carbocycles. The van der Waals surface area contributed by atoms with Gasteiger partial charge >= 0.3 is 6.09 Å². The van der Waals surface area contributed by atoms with E-state index in [0.29, 0.717) is 17.4 Å². The zero-order valence-electron chi connectivity index (χ0n) is 13.4. The van der Waals surface area contributed by atoms with Crippen LogP contribution in [0.15, 0.2) is 12.4 Å². The summed E-state index contributed by atoms with van der Waals surface area (Å²) in [5.74, 6) is 0.664. The molecule has 1 aliphatic heterocycles. The Morgan fingerprint density at radius 3 is 2.59 bits per heavy atom. The zero-order valence-corrected chi connectivity index (χ0v) is 13.4. The Morgan fingerprint density at radius 2 is 2.05 bits per heavy atom. The van der Waals surface area contributed by atoms with Crippen LogP contribution in [0.25, 0.3) is 0 Å². The van der Waals surface area contributed by atoms with Crippen LogP contribution in [0.4, 0.5) is 10.6 Å². The lowest BCUT2D eigenvalue weighted by Crippen LogP contribution is -2.41. The van der Waals surface area contributed by atoms with Crippen molar-refractivity contribution < 1.29 is 9.53 Å². The summed E-state index contributed by atoms with van der Waals surface area (Å²) in [6.45, 7) is 7.39. The average molecular weight is 307 g/mol. The minimum Gasteiger partial charge on any atom is -0.444 e. The van der Waals surface area contributed by atoms with E-state index in [1.54, 1.807) is 6.20 Å². The summed E-state index contributed by atoms with van der Waals surface area (Å²) in [6.07, 6.45) is 4.63. The van der Waals surface area contributed by atoms with E-state index in [2.05, 4.69) is 20.6 Å². The van der Waals surface area contributed by atoms with E-state index < -0.39 is 11.7 Å². The van der Waals surface area contributed by atoms with Gasteiger partial charge in [0.1, 0.15) is 11.4 Å². The molecule has 122 valence electrons. The number of anilines is 1. The number of nitrogens with two attached hydrogens (primary N) is 1. The van der Waals surface area contributed by atoms with Gasteiger partial charge in [0.05, 0.1) is 24.1 Å². The molecule has 1 amide bonds. The number of hydrogen-bond acceptors (Lipinski definition) is 6. The summed E-state index contributed by atoms with van der Waals surface area (Å²) in [5.41, 5.74) is 5.78. The molecule has 7 nitrogen and oxygen atoms in total. The lowest BCUT2D eigenvalue weighted by molar-refractivity contribution is 0.0475. The highest BCUT2D eigenvalue weighted by atomic mass is 16.6. The molecule has 2 rings (SSSR count). The fourth-order valence-electron chi connectivity index (χ4n) is 2.55. The summed E-state index contributed by atoms with van der Waals surface area (Å²) >= 11 is 0. The molecular formula is C15H25N5O2. The lowest BCUT2D eigenvalue weighted by atomic mass is 9.88. The number of carbonyl (C=O) groups is 1. The Labute approximate surface area is 131 Å². The summed E-state index contributed by atoms with van der Waals surface area (Å²) in [5, 5.41) is 6.27. The first-order valence-electron chi connectivity index (χ1n) is 7.63. The first-order valence-corrected chi connectivity index (χ1v) is 7.63. The number of piperidine rings is 1. The third-order valence-electron chi connectivity index (χ3n) is 3.54. The topological polar surface area (TPSA) is 102 Å². The highest BCUT2D eigenvalue weighted by Crippen LogP contribution is 2.28. The van der Waals surface area contributed by atoms with Crippen molar-refractivity contribution in [3.63, 3.8) is 0 Å². The van der Waals surface area contributed by atoms with E-state index in [1.807, 2.05) is 20.8 Å². The predicted molar refractivity (Wildman–Crippen MR) is 84.1 cm³/mol. The van der Waals surface area contributed by atoms with Crippen LogP contribution in [0.5, 0.6) is 0 Å². The standard InChI is InChI=1S/C15H25N5O2/c1-15(2,3)22-14(21)20-13(10-4-6-17-7-5-10)11-8-19-12(16)9-18-11/h8-10,13,17H,4-7H2,1-3H3,(H2,16,19)(H,20,21). The minimum absolute atomic E-state index is 0.218. The van der Waals surface area contributed by atoms with Crippen molar-refractivity contribution in [2.75, 3.05) is 18.8 Å². The second-order valence-corrected chi connectivity index (χ2v) is 6.58. The van der Waals surface area contributed by atoms with Crippen molar-refractivity contribution in [3.8, 4) is 0 Å². The SMILES string of the molecule is CC(C)(C)OC(=O)NC(c1cnc(N)cn1)C1CCNCC1. The van der Waals surface area contributed by atoms with Crippen LogP contribution in [-0.2, 0) is 4.74 Å². The fourth-order valence-corrected chi connectivity index (χ4v) is 2.55. The molecule has 1 aromatic heterocycles. The first-order chi connectivity index (χ1) is 10.3. The lowest BCUT2D eigenvalue weighted by Gasteiger charge is -2.31. The molecule has 1 aromatic rings. The summed E-state index contributed by atoms with van der Waals surface area (Å²) in [7, 11) is 0. The van der Waals surface area contributed by atoms with Crippen molar-refractivity contribution in [2.24, 2.45) is 5.92 Å². The van der Waals surface area contributed by atoms with Crippen molar-refractivity contribution >= 4 is 11.9 Å². The monoisotopic (exact) mass is 307 g/mol. The molecule has 1 fully saturated rings. The molecule has 22 heavy (non-hydrogen) atoms. The molecule has 0 bridgehead atoms. The van der Waals surface area contributed by atoms with Crippen molar-refractivity contribution in [2.45, 2.75) is 45.3 Å². The molecule has 0 aliphatic carbocycles. The maximum absolute atomic E-state index is 12.1. The molecule has 4 N–H and O–H groups in total. The van der Waals surface area contributed by atoms with E-state index >= 15 is 0 Å². The Kier molecular flexibility index (Phi) is 5.18. The van der Waals surface area contributed by atoms with E-state index in [0.717, 1.165) is 25.9 Å². The van der Waals surface area contributed by atoms with Crippen LogP contribution in [0, 0.1) is 5.92 Å². The van der Waals surface area contributed by atoms with E-state index in [4.69, 9.17) is 10.5 Å². The highest BCUT2D eigenvalue weighted by molar-refractivity contribution is 5.68. The number of nitrogens with one attached hydrogen (secondary N) is 2. The highest BCUT2D eigenvalue weighted by Gasteiger charge is 2.29. The van der Waals surface area contributed by atoms with Gasteiger partial charge in [0, 0.05) is 0 Å². The number of hydrogen-bond donors (Lipinski definition) is 3. The van der Waals surface area contributed by atoms with E-state index in [-0.39, 0.29) is 6.04 Å². The number of rotatable bonds is 3. The summed E-state index contributed by atoms with van der Waals surface area (Å²) in [4.78, 5) is 20.5. The Hall–Kier alpha value is -1.89. The van der Waals surface area contributed by atoms with Gasteiger partial charge in [-0.25, -0.2) is 9.78 Å². The summed E-state index contributed by atoms with van der Waals surface area (Å²) < 4.78 is 5.37. The van der Waals surface area contributed by atoms with Gasteiger partial charge in [0.2, 0.25) is 0 Å². The van der Waals surface area contributed by atoms with E-state index in [1.165, 1.54) is 6.20 Å². The normalized spacial score (nSPS) is 17.8. The number of nitrogens with zero attached hydrogens (tertiary/aromatic N) is 2. The number of amides is 1. The molecule has 1 saturated heterocycles. The molecular weight excluding hydrogens is 282 g/mol. The van der Waals surface area contributed by atoms with Gasteiger partial charge in [-0.3, -0.25) is 4.98 Å². The Balaban J connectivity index is 2.14. The summed E-state index contributed by atoms with van der Waals surface area (Å²) in [6, 6.07) is -0.218. The largest absolute Gasteiger partial charge is 0.444 e. The molecule has 1 atom stereocenters. The molecule has 0 aromatic carbocycles. The number of carbonyl (C=O) groups excluding carboxylic acids is 1. The van der Waals surface area contributed by atoms with Crippen LogP contribution in [0.1, 0.15) is 45.3 Å². The van der Waals surface area contributed by atoms with Gasteiger partial charge in [-0.2, -0.15) is 0 Å². The molecule has 0 spiro atoms. The van der Waals surface area contributed by atoms with Gasteiger partial charge in [-0.05, 0) is 52.6 Å². The second kappa shape index (κ2) is 6.91. The number of nitrogen functional groups attached to an aromatic ring is 1. The maximum Gasteiger partial charge on any atom is 0.408 e. The van der Waals surface area contributed by atoms with Crippen LogP contribution >= 0.6 is 0 Å². The van der Waals surface area contributed by atoms with Crippen LogP contribution in [0.3, 0.4) is 0 Å². The molecule has 2 heterocycles. The molecule has 0 radical (unpaired) electrons. The number of alkyl carbamates (subject to hydrolysis) is 1. The van der Waals surface area contributed by atoms with Gasteiger partial charge in [-0.15, -0.1) is 0 Å². The third kappa shape index (κ3) is 4.84. The van der Waals surface area contributed by atoms with Gasteiger partial charge in [0.15, 0.2) is 0 Å². The fraction of sp³-hybridized carbons (Fsp3) is 0.667. The number of ether oxygens (including phenoxy) is 1. The van der Waals surface area contributed by atoms with Gasteiger partial charge < -0.3 is 21.1 Å². The minimum atomic E-state index is -0.532.